The normalized spacial score (nSPS) is 10.7. The third-order valence-corrected chi connectivity index (χ3v) is 4.72. The van der Waals surface area contributed by atoms with Crippen molar-refractivity contribution in [2.75, 3.05) is 19.0 Å². The van der Waals surface area contributed by atoms with Crippen molar-refractivity contribution in [2.24, 2.45) is 0 Å². The SMILES string of the molecule is COc1ccc(-c2cn(-c3ccccc3)c(NC(=O)CN(C(C)=O)C(C)C)n2)cc1. The van der Waals surface area contributed by atoms with Crippen LogP contribution in [0.2, 0.25) is 0 Å². The summed E-state index contributed by atoms with van der Waals surface area (Å²) in [4.78, 5) is 30.6. The lowest BCUT2D eigenvalue weighted by molar-refractivity contribution is -0.134. The number of para-hydroxylation sites is 1. The molecule has 0 radical (unpaired) electrons. The van der Waals surface area contributed by atoms with E-state index in [2.05, 4.69) is 10.3 Å². The predicted molar refractivity (Wildman–Crippen MR) is 117 cm³/mol. The lowest BCUT2D eigenvalue weighted by Crippen LogP contribution is -2.41. The molecule has 1 aromatic heterocycles. The summed E-state index contributed by atoms with van der Waals surface area (Å²) in [6.45, 7) is 5.18. The van der Waals surface area contributed by atoms with E-state index in [1.54, 1.807) is 7.11 Å². The quantitative estimate of drug-likeness (QED) is 0.648. The first kappa shape index (κ1) is 21.1. The monoisotopic (exact) mass is 406 g/mol. The molecule has 0 fully saturated rings. The molecule has 1 heterocycles. The molecule has 0 spiro atoms. The van der Waals surface area contributed by atoms with Crippen LogP contribution in [0.15, 0.2) is 60.8 Å². The lowest BCUT2D eigenvalue weighted by atomic mass is 10.1. The van der Waals surface area contributed by atoms with Crippen molar-refractivity contribution in [1.29, 1.82) is 0 Å². The Morgan fingerprint density at radius 1 is 1.10 bits per heavy atom. The number of anilines is 1. The summed E-state index contributed by atoms with van der Waals surface area (Å²) in [7, 11) is 1.62. The average Bonchev–Trinajstić information content (AvgIpc) is 3.16. The van der Waals surface area contributed by atoms with E-state index in [0.29, 0.717) is 11.6 Å². The molecule has 1 N–H and O–H groups in total. The largest absolute Gasteiger partial charge is 0.497 e. The van der Waals surface area contributed by atoms with Gasteiger partial charge < -0.3 is 9.64 Å². The maximum absolute atomic E-state index is 12.7. The molecule has 0 aliphatic rings. The minimum atomic E-state index is -0.303. The second-order valence-electron chi connectivity index (χ2n) is 7.17. The molecule has 7 nitrogen and oxygen atoms in total. The first-order valence-corrected chi connectivity index (χ1v) is 9.75. The Morgan fingerprint density at radius 2 is 1.77 bits per heavy atom. The van der Waals surface area contributed by atoms with Crippen LogP contribution >= 0.6 is 0 Å². The van der Waals surface area contributed by atoms with Gasteiger partial charge in [-0.25, -0.2) is 4.98 Å². The number of methoxy groups -OCH3 is 1. The zero-order valence-corrected chi connectivity index (χ0v) is 17.6. The number of carbonyl (C=O) groups excluding carboxylic acids is 2. The summed E-state index contributed by atoms with van der Waals surface area (Å²) in [5.74, 6) is 0.700. The van der Waals surface area contributed by atoms with Gasteiger partial charge in [-0.3, -0.25) is 19.5 Å². The first-order valence-electron chi connectivity index (χ1n) is 9.75. The highest BCUT2D eigenvalue weighted by molar-refractivity contribution is 5.93. The lowest BCUT2D eigenvalue weighted by Gasteiger charge is -2.24. The Kier molecular flexibility index (Phi) is 6.51. The molecule has 7 heteroatoms. The van der Waals surface area contributed by atoms with E-state index in [1.165, 1.54) is 11.8 Å². The minimum Gasteiger partial charge on any atom is -0.497 e. The molecule has 3 rings (SSSR count). The van der Waals surface area contributed by atoms with E-state index in [1.807, 2.05) is 79.2 Å². The third-order valence-electron chi connectivity index (χ3n) is 4.72. The van der Waals surface area contributed by atoms with Crippen LogP contribution in [0.3, 0.4) is 0 Å². The summed E-state index contributed by atoms with van der Waals surface area (Å²) < 4.78 is 7.04. The van der Waals surface area contributed by atoms with Gasteiger partial charge in [0.05, 0.1) is 12.8 Å². The molecule has 0 bridgehead atoms. The van der Waals surface area contributed by atoms with Gasteiger partial charge in [-0.05, 0) is 50.2 Å². The van der Waals surface area contributed by atoms with E-state index in [4.69, 9.17) is 4.74 Å². The molecule has 0 saturated heterocycles. The van der Waals surface area contributed by atoms with E-state index in [0.717, 1.165) is 17.0 Å². The smallest absolute Gasteiger partial charge is 0.246 e. The van der Waals surface area contributed by atoms with Gasteiger partial charge in [0, 0.05) is 30.4 Å². The highest BCUT2D eigenvalue weighted by Crippen LogP contribution is 2.26. The maximum Gasteiger partial charge on any atom is 0.246 e. The number of hydrogen-bond donors (Lipinski definition) is 1. The molecule has 0 saturated carbocycles. The van der Waals surface area contributed by atoms with E-state index >= 15 is 0 Å². The van der Waals surface area contributed by atoms with Crippen LogP contribution in [0.1, 0.15) is 20.8 Å². The summed E-state index contributed by atoms with van der Waals surface area (Å²) >= 11 is 0. The number of aromatic nitrogens is 2. The van der Waals surface area contributed by atoms with Gasteiger partial charge in [0.1, 0.15) is 12.3 Å². The second-order valence-corrected chi connectivity index (χ2v) is 7.17. The number of ether oxygens (including phenoxy) is 1. The summed E-state index contributed by atoms with van der Waals surface area (Å²) in [6, 6.07) is 17.1. The molecule has 0 aliphatic heterocycles. The number of hydrogen-bond acceptors (Lipinski definition) is 4. The molecule has 2 aromatic carbocycles. The van der Waals surface area contributed by atoms with Crippen molar-refractivity contribution in [3.8, 4) is 22.7 Å². The van der Waals surface area contributed by atoms with E-state index in [-0.39, 0.29) is 24.4 Å². The highest BCUT2D eigenvalue weighted by atomic mass is 16.5. The fourth-order valence-electron chi connectivity index (χ4n) is 3.13. The molecule has 156 valence electrons. The topological polar surface area (TPSA) is 76.5 Å². The van der Waals surface area contributed by atoms with Crippen LogP contribution in [-0.2, 0) is 9.59 Å². The number of benzene rings is 2. The van der Waals surface area contributed by atoms with E-state index in [9.17, 15) is 9.59 Å². The third kappa shape index (κ3) is 4.86. The fraction of sp³-hybridized carbons (Fsp3) is 0.261. The Hall–Kier alpha value is -3.61. The van der Waals surface area contributed by atoms with Crippen molar-refractivity contribution in [1.82, 2.24) is 14.5 Å². The Labute approximate surface area is 176 Å². The minimum absolute atomic E-state index is 0.0352. The van der Waals surface area contributed by atoms with Crippen LogP contribution in [0, 0.1) is 0 Å². The molecular weight excluding hydrogens is 380 g/mol. The number of carbonyl (C=O) groups is 2. The Bertz CT molecular complexity index is 1010. The van der Waals surface area contributed by atoms with Crippen molar-refractivity contribution >= 4 is 17.8 Å². The van der Waals surface area contributed by atoms with Gasteiger partial charge in [-0.15, -0.1) is 0 Å². The summed E-state index contributed by atoms with van der Waals surface area (Å²) in [6.07, 6.45) is 1.87. The maximum atomic E-state index is 12.7. The predicted octanol–water partition coefficient (Wildman–Crippen LogP) is 3.74. The zero-order chi connectivity index (χ0) is 21.7. The standard InChI is InChI=1S/C23H26N4O3/c1-16(2)26(17(3)28)15-22(29)25-23-24-21(18-10-12-20(30-4)13-11-18)14-27(23)19-8-6-5-7-9-19/h5-14,16H,15H2,1-4H3,(H,24,25,29). The number of amides is 2. The molecule has 0 unspecified atom stereocenters. The Balaban J connectivity index is 1.92. The van der Waals surface area contributed by atoms with Crippen molar-refractivity contribution in [2.45, 2.75) is 26.8 Å². The van der Waals surface area contributed by atoms with Gasteiger partial charge in [0.2, 0.25) is 17.8 Å². The van der Waals surface area contributed by atoms with Gasteiger partial charge >= 0.3 is 0 Å². The van der Waals surface area contributed by atoms with Crippen LogP contribution in [-0.4, -0.2) is 46.0 Å². The van der Waals surface area contributed by atoms with Crippen LogP contribution in [0.25, 0.3) is 16.9 Å². The first-order chi connectivity index (χ1) is 14.4. The molecule has 0 atom stereocenters. The number of nitrogens with one attached hydrogen (secondary N) is 1. The van der Waals surface area contributed by atoms with Crippen molar-refractivity contribution < 1.29 is 14.3 Å². The number of imidazole rings is 1. The van der Waals surface area contributed by atoms with Crippen LogP contribution < -0.4 is 10.1 Å². The van der Waals surface area contributed by atoms with Crippen LogP contribution in [0.5, 0.6) is 5.75 Å². The molecule has 3 aromatic rings. The summed E-state index contributed by atoms with van der Waals surface area (Å²) in [5.41, 5.74) is 2.48. The van der Waals surface area contributed by atoms with Gasteiger partial charge in [0.25, 0.3) is 0 Å². The summed E-state index contributed by atoms with van der Waals surface area (Å²) in [5, 5.41) is 2.86. The average molecular weight is 406 g/mol. The molecule has 2 amide bonds. The van der Waals surface area contributed by atoms with Gasteiger partial charge in [-0.2, -0.15) is 0 Å². The van der Waals surface area contributed by atoms with Crippen molar-refractivity contribution in [3.05, 3.63) is 60.8 Å². The van der Waals surface area contributed by atoms with Crippen LogP contribution in [0.4, 0.5) is 5.95 Å². The van der Waals surface area contributed by atoms with Gasteiger partial charge in [-0.1, -0.05) is 18.2 Å². The number of nitrogens with zero attached hydrogens (tertiary/aromatic N) is 3. The zero-order valence-electron chi connectivity index (χ0n) is 17.6. The molecular formula is C23H26N4O3. The van der Waals surface area contributed by atoms with E-state index < -0.39 is 0 Å². The molecule has 0 aliphatic carbocycles. The second kappa shape index (κ2) is 9.26. The van der Waals surface area contributed by atoms with Gasteiger partial charge in [0.15, 0.2) is 0 Å². The number of rotatable bonds is 7. The Morgan fingerprint density at radius 3 is 2.33 bits per heavy atom. The highest BCUT2D eigenvalue weighted by Gasteiger charge is 2.19. The molecule has 30 heavy (non-hydrogen) atoms. The van der Waals surface area contributed by atoms with Crippen molar-refractivity contribution in [3.63, 3.8) is 0 Å². The fourth-order valence-corrected chi connectivity index (χ4v) is 3.13.